The fourth-order valence-electron chi connectivity index (χ4n) is 0.867. The first kappa shape index (κ1) is 12.8. The molecule has 1 rings (SSSR count). The Morgan fingerprint density at radius 2 is 1.88 bits per heavy atom. The molecule has 0 aromatic heterocycles. The Hall–Kier alpha value is -1.30. The van der Waals surface area contributed by atoms with Crippen molar-refractivity contribution in [3.8, 4) is 0 Å². The fraction of sp³-hybridized carbons (Fsp3) is 0.222. The minimum Gasteiger partial charge on any atom is -0.319 e. The number of anilines is 1. The van der Waals surface area contributed by atoms with E-state index in [0.29, 0.717) is 0 Å². The van der Waals surface area contributed by atoms with Crippen LogP contribution in [0.2, 0.25) is 5.02 Å². The fourth-order valence-corrected chi connectivity index (χ4v) is 1.05. The third kappa shape index (κ3) is 2.63. The van der Waals surface area contributed by atoms with Crippen molar-refractivity contribution in [2.75, 3.05) is 5.32 Å². The number of carbonyl (C=O) groups excluding carboxylic acids is 1. The van der Waals surface area contributed by atoms with Gasteiger partial charge in [-0.2, -0.15) is 8.78 Å². The molecule has 0 aliphatic rings. The van der Waals surface area contributed by atoms with Gasteiger partial charge in [-0.3, -0.25) is 4.79 Å². The highest BCUT2D eigenvalue weighted by molar-refractivity contribution is 6.33. The molecular formula is C9H6ClF4NO. The van der Waals surface area contributed by atoms with E-state index < -0.39 is 18.3 Å². The van der Waals surface area contributed by atoms with E-state index in [1.807, 2.05) is 0 Å². The van der Waals surface area contributed by atoms with E-state index in [2.05, 4.69) is 0 Å². The zero-order chi connectivity index (χ0) is 12.3. The molecule has 0 unspecified atom stereocenters. The quantitative estimate of drug-likeness (QED) is 0.826. The molecule has 88 valence electrons. The molecule has 0 radical (unpaired) electrons. The summed E-state index contributed by atoms with van der Waals surface area (Å²) in [7, 11) is 0. The Bertz CT molecular complexity index is 397. The number of amides is 1. The third-order valence-corrected chi connectivity index (χ3v) is 2.03. The van der Waals surface area contributed by atoms with Gasteiger partial charge in [-0.25, -0.2) is 8.78 Å². The minimum atomic E-state index is -4.74. The molecule has 16 heavy (non-hydrogen) atoms. The molecule has 0 fully saturated rings. The van der Waals surface area contributed by atoms with Gasteiger partial charge in [0, 0.05) is 0 Å². The van der Waals surface area contributed by atoms with Gasteiger partial charge in [0.05, 0.1) is 10.7 Å². The van der Waals surface area contributed by atoms with Crippen LogP contribution in [0.5, 0.6) is 0 Å². The van der Waals surface area contributed by atoms with Crippen molar-refractivity contribution in [2.24, 2.45) is 0 Å². The van der Waals surface area contributed by atoms with Crippen molar-refractivity contribution in [2.45, 2.75) is 12.3 Å². The number of alkyl halides is 4. The molecule has 0 aliphatic carbocycles. The Balaban J connectivity index is 2.84. The van der Waals surface area contributed by atoms with E-state index in [1.54, 1.807) is 5.32 Å². The molecule has 1 aromatic rings. The number of nitrogens with one attached hydrogen (secondary N) is 1. The van der Waals surface area contributed by atoms with Crippen LogP contribution in [0.25, 0.3) is 0 Å². The predicted molar refractivity (Wildman–Crippen MR) is 51.0 cm³/mol. The van der Waals surface area contributed by atoms with Crippen molar-refractivity contribution >= 4 is 23.2 Å². The molecule has 1 N–H and O–H groups in total. The molecule has 0 aliphatic heterocycles. The van der Waals surface area contributed by atoms with E-state index in [-0.39, 0.29) is 10.7 Å². The summed E-state index contributed by atoms with van der Waals surface area (Å²) in [5, 5.41) is 1.62. The molecule has 0 bridgehead atoms. The molecule has 0 atom stereocenters. The second-order valence-electron chi connectivity index (χ2n) is 2.86. The van der Waals surface area contributed by atoms with Crippen molar-refractivity contribution in [1.29, 1.82) is 0 Å². The SMILES string of the molecule is O=C(Nc1ccccc1Cl)C(F)(F)C(F)F. The number of hydrogen-bond acceptors (Lipinski definition) is 1. The third-order valence-electron chi connectivity index (χ3n) is 1.70. The molecule has 0 spiro atoms. The lowest BCUT2D eigenvalue weighted by Crippen LogP contribution is -2.41. The molecule has 1 aromatic carbocycles. The smallest absolute Gasteiger partial charge is 0.319 e. The van der Waals surface area contributed by atoms with Crippen LogP contribution in [-0.4, -0.2) is 18.3 Å². The van der Waals surface area contributed by atoms with Gasteiger partial charge in [0.2, 0.25) is 0 Å². The molecule has 0 heterocycles. The second kappa shape index (κ2) is 4.69. The van der Waals surface area contributed by atoms with E-state index >= 15 is 0 Å². The second-order valence-corrected chi connectivity index (χ2v) is 3.26. The van der Waals surface area contributed by atoms with Gasteiger partial charge >= 0.3 is 18.3 Å². The summed E-state index contributed by atoms with van der Waals surface area (Å²) in [6.45, 7) is 0. The zero-order valence-electron chi connectivity index (χ0n) is 7.68. The summed E-state index contributed by atoms with van der Waals surface area (Å²) in [5.74, 6) is -6.82. The maximum atomic E-state index is 12.6. The molecule has 0 saturated heterocycles. The maximum Gasteiger partial charge on any atom is 0.383 e. The lowest BCUT2D eigenvalue weighted by atomic mass is 10.3. The Morgan fingerprint density at radius 1 is 1.31 bits per heavy atom. The van der Waals surface area contributed by atoms with Gasteiger partial charge in [-0.05, 0) is 12.1 Å². The molecule has 7 heteroatoms. The Labute approximate surface area is 93.2 Å². The lowest BCUT2D eigenvalue weighted by Gasteiger charge is -2.15. The minimum absolute atomic E-state index is 0.0130. The highest BCUT2D eigenvalue weighted by Crippen LogP contribution is 2.27. The van der Waals surface area contributed by atoms with Crippen LogP contribution < -0.4 is 5.32 Å². The summed E-state index contributed by atoms with van der Waals surface area (Å²) in [6.07, 6.45) is -4.06. The highest BCUT2D eigenvalue weighted by atomic mass is 35.5. The Morgan fingerprint density at radius 3 is 2.38 bits per heavy atom. The first-order valence-corrected chi connectivity index (χ1v) is 4.45. The van der Waals surface area contributed by atoms with Crippen molar-refractivity contribution < 1.29 is 22.4 Å². The standard InChI is InChI=1S/C9H6ClF4NO/c10-5-3-1-2-4-6(5)15-8(16)9(13,14)7(11)12/h1-4,7H,(H,15,16). The van der Waals surface area contributed by atoms with Gasteiger partial charge in [0.15, 0.2) is 0 Å². The first-order chi connectivity index (χ1) is 7.35. The van der Waals surface area contributed by atoms with Crippen LogP contribution in [0.1, 0.15) is 0 Å². The topological polar surface area (TPSA) is 29.1 Å². The van der Waals surface area contributed by atoms with Gasteiger partial charge in [-0.15, -0.1) is 0 Å². The average Bonchev–Trinajstić information content (AvgIpc) is 2.21. The zero-order valence-corrected chi connectivity index (χ0v) is 8.44. The van der Waals surface area contributed by atoms with Crippen molar-refractivity contribution in [3.05, 3.63) is 29.3 Å². The van der Waals surface area contributed by atoms with Gasteiger partial charge in [-0.1, -0.05) is 23.7 Å². The van der Waals surface area contributed by atoms with Crippen LogP contribution in [-0.2, 0) is 4.79 Å². The normalized spacial score (nSPS) is 11.6. The molecule has 1 amide bonds. The lowest BCUT2D eigenvalue weighted by molar-refractivity contribution is -0.163. The number of carbonyl (C=O) groups is 1. The predicted octanol–water partition coefficient (Wildman–Crippen LogP) is 3.18. The van der Waals surface area contributed by atoms with E-state index in [9.17, 15) is 22.4 Å². The highest BCUT2D eigenvalue weighted by Gasteiger charge is 2.49. The molecular weight excluding hydrogens is 250 g/mol. The maximum absolute atomic E-state index is 12.6. The number of halogens is 5. The van der Waals surface area contributed by atoms with E-state index in [1.165, 1.54) is 24.3 Å². The van der Waals surface area contributed by atoms with Crippen LogP contribution >= 0.6 is 11.6 Å². The summed E-state index contributed by atoms with van der Waals surface area (Å²) in [6, 6.07) is 5.48. The van der Waals surface area contributed by atoms with Crippen LogP contribution in [0, 0.1) is 0 Å². The summed E-state index contributed by atoms with van der Waals surface area (Å²) in [4.78, 5) is 10.8. The number of para-hydroxylation sites is 1. The average molecular weight is 256 g/mol. The van der Waals surface area contributed by atoms with Gasteiger partial charge < -0.3 is 5.32 Å². The van der Waals surface area contributed by atoms with Crippen LogP contribution in [0.4, 0.5) is 23.2 Å². The largest absolute Gasteiger partial charge is 0.383 e. The number of rotatable bonds is 3. The van der Waals surface area contributed by atoms with E-state index in [4.69, 9.17) is 11.6 Å². The first-order valence-electron chi connectivity index (χ1n) is 4.07. The monoisotopic (exact) mass is 255 g/mol. The van der Waals surface area contributed by atoms with Crippen molar-refractivity contribution in [1.82, 2.24) is 0 Å². The van der Waals surface area contributed by atoms with Crippen LogP contribution in [0.15, 0.2) is 24.3 Å². The number of hydrogen-bond donors (Lipinski definition) is 1. The Kier molecular flexibility index (Phi) is 3.74. The molecule has 0 saturated carbocycles. The summed E-state index contributed by atoms with van der Waals surface area (Å²) < 4.78 is 48.7. The van der Waals surface area contributed by atoms with Gasteiger partial charge in [0.1, 0.15) is 0 Å². The van der Waals surface area contributed by atoms with Crippen LogP contribution in [0.3, 0.4) is 0 Å². The number of benzene rings is 1. The summed E-state index contributed by atoms with van der Waals surface area (Å²) in [5.41, 5.74) is -0.144. The molecule has 2 nitrogen and oxygen atoms in total. The van der Waals surface area contributed by atoms with Gasteiger partial charge in [0.25, 0.3) is 0 Å². The van der Waals surface area contributed by atoms with E-state index in [0.717, 1.165) is 0 Å². The van der Waals surface area contributed by atoms with Crippen molar-refractivity contribution in [3.63, 3.8) is 0 Å². The summed E-state index contributed by atoms with van der Waals surface area (Å²) >= 11 is 5.55.